The molecule has 2 N–H and O–H groups in total. The predicted molar refractivity (Wildman–Crippen MR) is 56.2 cm³/mol. The van der Waals surface area contributed by atoms with E-state index in [1.165, 1.54) is 17.8 Å². The summed E-state index contributed by atoms with van der Waals surface area (Å²) >= 11 is 1.52. The lowest BCUT2D eigenvalue weighted by Crippen LogP contribution is -2.16. The van der Waals surface area contributed by atoms with Gasteiger partial charge in [-0.3, -0.25) is 0 Å². The summed E-state index contributed by atoms with van der Waals surface area (Å²) in [5, 5.41) is 0. The van der Waals surface area contributed by atoms with Crippen LogP contribution in [0.5, 0.6) is 0 Å². The SMILES string of the molecule is CCSCC(N)c1ccc(F)c(F)c1F. The minimum atomic E-state index is -1.45. The van der Waals surface area contributed by atoms with Gasteiger partial charge in [-0.1, -0.05) is 13.0 Å². The second kappa shape index (κ2) is 5.42. The van der Waals surface area contributed by atoms with E-state index in [0.29, 0.717) is 5.75 Å². The van der Waals surface area contributed by atoms with Crippen molar-refractivity contribution in [2.75, 3.05) is 11.5 Å². The molecule has 0 aliphatic carbocycles. The van der Waals surface area contributed by atoms with Gasteiger partial charge in [-0.15, -0.1) is 0 Å². The molecule has 0 aromatic heterocycles. The van der Waals surface area contributed by atoms with E-state index in [-0.39, 0.29) is 5.56 Å². The minimum absolute atomic E-state index is 0.0230. The molecule has 15 heavy (non-hydrogen) atoms. The summed E-state index contributed by atoms with van der Waals surface area (Å²) in [6.07, 6.45) is 0. The first kappa shape index (κ1) is 12.4. The van der Waals surface area contributed by atoms with E-state index in [1.807, 2.05) is 6.92 Å². The minimum Gasteiger partial charge on any atom is -0.323 e. The van der Waals surface area contributed by atoms with Crippen LogP contribution in [0, 0.1) is 17.5 Å². The highest BCUT2D eigenvalue weighted by atomic mass is 32.2. The summed E-state index contributed by atoms with van der Waals surface area (Å²) in [4.78, 5) is 0. The molecule has 0 bridgehead atoms. The van der Waals surface area contributed by atoms with Gasteiger partial charge in [-0.2, -0.15) is 11.8 Å². The van der Waals surface area contributed by atoms with E-state index < -0.39 is 23.5 Å². The summed E-state index contributed by atoms with van der Waals surface area (Å²) in [5.41, 5.74) is 5.67. The summed E-state index contributed by atoms with van der Waals surface area (Å²) in [5.74, 6) is -2.49. The Hall–Kier alpha value is -0.680. The molecule has 0 fully saturated rings. The largest absolute Gasteiger partial charge is 0.323 e. The van der Waals surface area contributed by atoms with E-state index in [4.69, 9.17) is 5.73 Å². The molecule has 0 aliphatic rings. The van der Waals surface area contributed by atoms with Crippen molar-refractivity contribution in [2.45, 2.75) is 13.0 Å². The van der Waals surface area contributed by atoms with Crippen molar-refractivity contribution < 1.29 is 13.2 Å². The first-order valence-corrected chi connectivity index (χ1v) is 5.70. The fourth-order valence-corrected chi connectivity index (χ4v) is 1.83. The third kappa shape index (κ3) is 2.89. The number of benzene rings is 1. The Bertz CT molecular complexity index is 344. The Labute approximate surface area is 90.9 Å². The molecule has 5 heteroatoms. The van der Waals surface area contributed by atoms with E-state index in [9.17, 15) is 13.2 Å². The lowest BCUT2D eigenvalue weighted by atomic mass is 10.1. The average Bonchev–Trinajstić information content (AvgIpc) is 2.23. The zero-order chi connectivity index (χ0) is 11.4. The van der Waals surface area contributed by atoms with Gasteiger partial charge in [-0.05, 0) is 11.8 Å². The topological polar surface area (TPSA) is 26.0 Å². The Kier molecular flexibility index (Phi) is 4.47. The predicted octanol–water partition coefficient (Wildman–Crippen LogP) is 2.86. The zero-order valence-electron chi connectivity index (χ0n) is 8.27. The Balaban J connectivity index is 2.90. The van der Waals surface area contributed by atoms with Crippen LogP contribution in [0.4, 0.5) is 13.2 Å². The van der Waals surface area contributed by atoms with Crippen molar-refractivity contribution in [2.24, 2.45) is 5.73 Å². The molecular formula is C10H12F3NS. The quantitative estimate of drug-likeness (QED) is 0.812. The Morgan fingerprint density at radius 1 is 1.27 bits per heavy atom. The van der Waals surface area contributed by atoms with Crippen LogP contribution in [-0.2, 0) is 0 Å². The summed E-state index contributed by atoms with van der Waals surface area (Å²) < 4.78 is 38.7. The first-order valence-electron chi connectivity index (χ1n) is 4.54. The fraction of sp³-hybridized carbons (Fsp3) is 0.400. The molecule has 0 amide bonds. The summed E-state index contributed by atoms with van der Waals surface area (Å²) in [6.45, 7) is 1.94. The van der Waals surface area contributed by atoms with Gasteiger partial charge in [0.05, 0.1) is 0 Å². The van der Waals surface area contributed by atoms with Gasteiger partial charge in [0.25, 0.3) is 0 Å². The van der Waals surface area contributed by atoms with Gasteiger partial charge in [-0.25, -0.2) is 13.2 Å². The zero-order valence-corrected chi connectivity index (χ0v) is 9.08. The monoisotopic (exact) mass is 235 g/mol. The molecule has 0 aliphatic heterocycles. The lowest BCUT2D eigenvalue weighted by molar-refractivity contribution is 0.437. The second-order valence-corrected chi connectivity index (χ2v) is 4.35. The normalized spacial score (nSPS) is 12.9. The lowest BCUT2D eigenvalue weighted by Gasteiger charge is -2.12. The second-order valence-electron chi connectivity index (χ2n) is 3.03. The standard InChI is InChI=1S/C10H12F3NS/c1-2-15-5-8(14)6-3-4-7(11)10(13)9(6)12/h3-4,8H,2,5,14H2,1H3. The molecule has 1 nitrogen and oxygen atoms in total. The van der Waals surface area contributed by atoms with Crippen LogP contribution in [-0.4, -0.2) is 11.5 Å². The van der Waals surface area contributed by atoms with Crippen LogP contribution in [0.15, 0.2) is 12.1 Å². The number of nitrogens with two attached hydrogens (primary N) is 1. The number of rotatable bonds is 4. The van der Waals surface area contributed by atoms with E-state index in [0.717, 1.165) is 11.8 Å². The number of hydrogen-bond donors (Lipinski definition) is 1. The maximum Gasteiger partial charge on any atom is 0.194 e. The molecule has 1 rings (SSSR count). The summed E-state index contributed by atoms with van der Waals surface area (Å²) in [7, 11) is 0. The van der Waals surface area contributed by atoms with Crippen LogP contribution >= 0.6 is 11.8 Å². The van der Waals surface area contributed by atoms with Gasteiger partial charge in [0.1, 0.15) is 0 Å². The van der Waals surface area contributed by atoms with Crippen LogP contribution in [0.3, 0.4) is 0 Å². The smallest absolute Gasteiger partial charge is 0.194 e. The molecular weight excluding hydrogens is 223 g/mol. The van der Waals surface area contributed by atoms with Crippen LogP contribution in [0.1, 0.15) is 18.5 Å². The number of hydrogen-bond acceptors (Lipinski definition) is 2. The van der Waals surface area contributed by atoms with Gasteiger partial charge in [0.2, 0.25) is 0 Å². The fourth-order valence-electron chi connectivity index (χ4n) is 1.16. The number of thioether (sulfide) groups is 1. The van der Waals surface area contributed by atoms with Gasteiger partial charge >= 0.3 is 0 Å². The van der Waals surface area contributed by atoms with Crippen molar-refractivity contribution in [3.05, 3.63) is 35.1 Å². The third-order valence-corrected chi connectivity index (χ3v) is 2.97. The van der Waals surface area contributed by atoms with Crippen LogP contribution < -0.4 is 5.73 Å². The Morgan fingerprint density at radius 2 is 1.93 bits per heavy atom. The summed E-state index contributed by atoms with van der Waals surface area (Å²) in [6, 6.07) is 1.48. The van der Waals surface area contributed by atoms with E-state index in [1.54, 1.807) is 0 Å². The van der Waals surface area contributed by atoms with Gasteiger partial charge in [0.15, 0.2) is 17.5 Å². The maximum absolute atomic E-state index is 13.2. The maximum atomic E-state index is 13.2. The van der Waals surface area contributed by atoms with Crippen molar-refractivity contribution in [1.82, 2.24) is 0 Å². The molecule has 1 aromatic carbocycles. The highest BCUT2D eigenvalue weighted by molar-refractivity contribution is 7.99. The van der Waals surface area contributed by atoms with Gasteiger partial charge in [0, 0.05) is 17.4 Å². The van der Waals surface area contributed by atoms with Crippen molar-refractivity contribution in [3.63, 3.8) is 0 Å². The average molecular weight is 235 g/mol. The van der Waals surface area contributed by atoms with Crippen molar-refractivity contribution in [3.8, 4) is 0 Å². The Morgan fingerprint density at radius 3 is 2.53 bits per heavy atom. The molecule has 1 aromatic rings. The molecule has 0 spiro atoms. The molecule has 1 atom stereocenters. The van der Waals surface area contributed by atoms with Crippen molar-refractivity contribution >= 4 is 11.8 Å². The first-order chi connectivity index (χ1) is 7.07. The molecule has 84 valence electrons. The van der Waals surface area contributed by atoms with Gasteiger partial charge < -0.3 is 5.73 Å². The molecule has 0 heterocycles. The highest BCUT2D eigenvalue weighted by Gasteiger charge is 2.17. The molecule has 0 saturated carbocycles. The third-order valence-electron chi connectivity index (χ3n) is 1.97. The van der Waals surface area contributed by atoms with E-state index >= 15 is 0 Å². The molecule has 1 unspecified atom stereocenters. The van der Waals surface area contributed by atoms with E-state index in [2.05, 4.69) is 0 Å². The van der Waals surface area contributed by atoms with Crippen LogP contribution in [0.2, 0.25) is 0 Å². The van der Waals surface area contributed by atoms with Crippen LogP contribution in [0.25, 0.3) is 0 Å². The van der Waals surface area contributed by atoms with Crippen molar-refractivity contribution in [1.29, 1.82) is 0 Å². The molecule has 0 radical (unpaired) electrons. The highest BCUT2D eigenvalue weighted by Crippen LogP contribution is 2.22. The number of halogens is 3. The molecule has 0 saturated heterocycles.